The summed E-state index contributed by atoms with van der Waals surface area (Å²) in [5.74, 6) is 0.216. The third-order valence-electron chi connectivity index (χ3n) is 4.47. The number of H-pyrrole nitrogens is 1. The van der Waals surface area contributed by atoms with E-state index in [2.05, 4.69) is 20.3 Å². The number of hydrogen-bond acceptors (Lipinski definition) is 5. The predicted molar refractivity (Wildman–Crippen MR) is 96.1 cm³/mol. The van der Waals surface area contributed by atoms with Gasteiger partial charge in [-0.05, 0) is 17.7 Å². The van der Waals surface area contributed by atoms with Crippen LogP contribution in [0.25, 0.3) is 22.7 Å². The van der Waals surface area contributed by atoms with Crippen LogP contribution in [0.5, 0.6) is 0 Å². The van der Waals surface area contributed by atoms with E-state index in [0.717, 1.165) is 16.7 Å². The monoisotopic (exact) mass is 405 g/mol. The molecule has 0 fully saturated rings. The van der Waals surface area contributed by atoms with E-state index in [4.69, 9.17) is 0 Å². The molecule has 4 rings (SSSR count). The number of aryl methyl sites for hydroxylation is 1. The zero-order chi connectivity index (χ0) is 20.9. The highest BCUT2D eigenvalue weighted by atomic mass is 19.4. The first-order valence-corrected chi connectivity index (χ1v) is 8.37. The van der Waals surface area contributed by atoms with Crippen molar-refractivity contribution in [3.05, 3.63) is 62.4 Å². The second-order valence-corrected chi connectivity index (χ2v) is 6.49. The molecule has 0 radical (unpaired) electrons. The number of halogens is 3. The van der Waals surface area contributed by atoms with Gasteiger partial charge in [-0.25, -0.2) is 14.5 Å². The Morgan fingerprint density at radius 2 is 1.90 bits per heavy atom. The van der Waals surface area contributed by atoms with Crippen LogP contribution >= 0.6 is 0 Å². The summed E-state index contributed by atoms with van der Waals surface area (Å²) in [6, 6.07) is 4.92. The topological polar surface area (TPSA) is 103 Å². The molecule has 1 N–H and O–H groups in total. The fraction of sp³-hybridized carbons (Fsp3) is 0.235. The summed E-state index contributed by atoms with van der Waals surface area (Å²) in [6.45, 7) is 0.0669. The average Bonchev–Trinajstić information content (AvgIpc) is 3.31. The number of aromatic amines is 1. The maximum absolute atomic E-state index is 12.9. The number of rotatable bonds is 3. The standard InChI is InChI=1S/C17H14F3N7O2/c1-25-14-12(15(28)26(2)16(25)29)21-13(22-14)11-8-27(24-23-11)7-9-4-3-5-10(6-9)17(18,19)20/h3-6,8H,7H2,1-2H3,(H,21,22). The van der Waals surface area contributed by atoms with Gasteiger partial charge in [0.05, 0.1) is 18.3 Å². The Morgan fingerprint density at radius 3 is 2.62 bits per heavy atom. The molecule has 29 heavy (non-hydrogen) atoms. The van der Waals surface area contributed by atoms with Gasteiger partial charge in [-0.3, -0.25) is 13.9 Å². The van der Waals surface area contributed by atoms with Gasteiger partial charge in [-0.15, -0.1) is 5.10 Å². The lowest BCUT2D eigenvalue weighted by atomic mass is 10.1. The molecule has 0 unspecified atom stereocenters. The third kappa shape index (κ3) is 3.22. The van der Waals surface area contributed by atoms with Gasteiger partial charge in [-0.2, -0.15) is 13.2 Å². The SMILES string of the molecule is Cn1c(=O)c2[nH]c(-c3cn(Cc4cccc(C(F)(F)F)c4)nn3)nc2n(C)c1=O. The normalized spacial score (nSPS) is 12.0. The summed E-state index contributed by atoms with van der Waals surface area (Å²) in [5, 5.41) is 7.86. The Kier molecular flexibility index (Phi) is 4.14. The van der Waals surface area contributed by atoms with E-state index in [1.165, 1.54) is 35.6 Å². The number of aromatic nitrogens is 7. The van der Waals surface area contributed by atoms with Crippen molar-refractivity contribution in [1.82, 2.24) is 34.1 Å². The summed E-state index contributed by atoms with van der Waals surface area (Å²) in [5.41, 5.74) is -0.811. The van der Waals surface area contributed by atoms with Crippen molar-refractivity contribution in [3.63, 3.8) is 0 Å². The number of fused-ring (bicyclic) bond motifs is 1. The largest absolute Gasteiger partial charge is 0.416 e. The minimum absolute atomic E-state index is 0.0669. The van der Waals surface area contributed by atoms with Crippen LogP contribution in [0.3, 0.4) is 0 Å². The quantitative estimate of drug-likeness (QED) is 0.553. The molecule has 150 valence electrons. The summed E-state index contributed by atoms with van der Waals surface area (Å²) >= 11 is 0. The molecule has 12 heteroatoms. The molecule has 0 atom stereocenters. The lowest BCUT2D eigenvalue weighted by Crippen LogP contribution is -2.36. The van der Waals surface area contributed by atoms with E-state index in [1.54, 1.807) is 6.07 Å². The lowest BCUT2D eigenvalue weighted by molar-refractivity contribution is -0.137. The molecule has 9 nitrogen and oxygen atoms in total. The van der Waals surface area contributed by atoms with E-state index in [9.17, 15) is 22.8 Å². The summed E-state index contributed by atoms with van der Waals surface area (Å²) in [4.78, 5) is 31.3. The van der Waals surface area contributed by atoms with Crippen LogP contribution in [0.2, 0.25) is 0 Å². The highest BCUT2D eigenvalue weighted by Gasteiger charge is 2.30. The van der Waals surface area contributed by atoms with Crippen LogP contribution in [-0.2, 0) is 26.8 Å². The number of nitrogens with one attached hydrogen (secondary N) is 1. The fourth-order valence-corrected chi connectivity index (χ4v) is 2.96. The smallest absolute Gasteiger partial charge is 0.331 e. The Morgan fingerprint density at radius 1 is 1.14 bits per heavy atom. The Balaban J connectivity index is 1.68. The molecule has 3 heterocycles. The molecule has 0 aliphatic rings. The maximum atomic E-state index is 12.9. The highest BCUT2D eigenvalue weighted by molar-refractivity contribution is 5.74. The second-order valence-electron chi connectivity index (χ2n) is 6.49. The number of nitrogens with zero attached hydrogens (tertiary/aromatic N) is 6. The van der Waals surface area contributed by atoms with Gasteiger partial charge in [-0.1, -0.05) is 17.3 Å². The van der Waals surface area contributed by atoms with Crippen LogP contribution in [0.15, 0.2) is 40.1 Å². The van der Waals surface area contributed by atoms with Crippen molar-refractivity contribution in [1.29, 1.82) is 0 Å². The molecule has 0 aliphatic carbocycles. The Hall–Kier alpha value is -3.70. The van der Waals surface area contributed by atoms with E-state index >= 15 is 0 Å². The fourth-order valence-electron chi connectivity index (χ4n) is 2.96. The maximum Gasteiger partial charge on any atom is 0.416 e. The minimum atomic E-state index is -4.43. The van der Waals surface area contributed by atoms with Gasteiger partial charge in [0.2, 0.25) is 0 Å². The third-order valence-corrected chi connectivity index (χ3v) is 4.47. The predicted octanol–water partition coefficient (Wildman–Crippen LogP) is 1.29. The van der Waals surface area contributed by atoms with E-state index < -0.39 is 23.0 Å². The summed E-state index contributed by atoms with van der Waals surface area (Å²) in [6.07, 6.45) is -2.94. The van der Waals surface area contributed by atoms with Gasteiger partial charge in [0, 0.05) is 14.1 Å². The van der Waals surface area contributed by atoms with Crippen molar-refractivity contribution in [3.8, 4) is 11.5 Å². The van der Waals surface area contributed by atoms with Crippen molar-refractivity contribution in [2.45, 2.75) is 12.7 Å². The Bertz CT molecular complexity index is 1340. The van der Waals surface area contributed by atoms with Crippen LogP contribution in [0, 0.1) is 0 Å². The molecular weight excluding hydrogens is 391 g/mol. The molecule has 0 spiro atoms. The summed E-state index contributed by atoms with van der Waals surface area (Å²) < 4.78 is 42.1. The number of benzene rings is 1. The first kappa shape index (κ1) is 18.7. The van der Waals surface area contributed by atoms with Crippen molar-refractivity contribution < 1.29 is 13.2 Å². The molecular formula is C17H14F3N7O2. The number of alkyl halides is 3. The van der Waals surface area contributed by atoms with E-state index in [1.807, 2.05) is 0 Å². The first-order chi connectivity index (χ1) is 13.6. The molecule has 4 aromatic rings. The van der Waals surface area contributed by atoms with Crippen molar-refractivity contribution in [2.24, 2.45) is 14.1 Å². The molecule has 0 amide bonds. The lowest BCUT2D eigenvalue weighted by Gasteiger charge is -2.08. The Labute approximate surface area is 160 Å². The molecule has 0 saturated heterocycles. The molecule has 3 aromatic heterocycles. The van der Waals surface area contributed by atoms with Crippen LogP contribution in [-0.4, -0.2) is 34.1 Å². The van der Waals surface area contributed by atoms with Crippen LogP contribution < -0.4 is 11.2 Å². The first-order valence-electron chi connectivity index (χ1n) is 8.37. The van der Waals surface area contributed by atoms with Gasteiger partial charge >= 0.3 is 11.9 Å². The molecule has 0 saturated carbocycles. The van der Waals surface area contributed by atoms with E-state index in [-0.39, 0.29) is 29.2 Å². The van der Waals surface area contributed by atoms with E-state index in [0.29, 0.717) is 5.56 Å². The molecule has 0 bridgehead atoms. The number of hydrogen-bond donors (Lipinski definition) is 1. The van der Waals surface area contributed by atoms with Gasteiger partial charge in [0.15, 0.2) is 11.5 Å². The van der Waals surface area contributed by atoms with Gasteiger partial charge in [0.1, 0.15) is 11.2 Å². The highest BCUT2D eigenvalue weighted by Crippen LogP contribution is 2.29. The van der Waals surface area contributed by atoms with Crippen molar-refractivity contribution >= 4 is 11.2 Å². The van der Waals surface area contributed by atoms with Crippen LogP contribution in [0.1, 0.15) is 11.1 Å². The summed E-state index contributed by atoms with van der Waals surface area (Å²) in [7, 11) is 2.84. The van der Waals surface area contributed by atoms with Crippen molar-refractivity contribution in [2.75, 3.05) is 0 Å². The zero-order valence-electron chi connectivity index (χ0n) is 15.2. The van der Waals surface area contributed by atoms with Gasteiger partial charge < -0.3 is 4.98 Å². The van der Waals surface area contributed by atoms with Gasteiger partial charge in [0.25, 0.3) is 5.56 Å². The molecule has 0 aliphatic heterocycles. The number of imidazole rings is 1. The molecule has 1 aromatic carbocycles. The average molecular weight is 405 g/mol. The zero-order valence-corrected chi connectivity index (χ0v) is 15.2. The second kappa shape index (κ2) is 6.43. The van der Waals surface area contributed by atoms with Crippen LogP contribution in [0.4, 0.5) is 13.2 Å². The minimum Gasteiger partial charge on any atom is -0.331 e.